The molecule has 0 amide bonds. The largest absolute Gasteiger partial charge is 0.361 e. The van der Waals surface area contributed by atoms with Crippen molar-refractivity contribution in [2.75, 3.05) is 5.32 Å². The van der Waals surface area contributed by atoms with E-state index >= 15 is 0 Å². The first-order valence-corrected chi connectivity index (χ1v) is 6.37. The number of pyridine rings is 1. The van der Waals surface area contributed by atoms with Crippen LogP contribution >= 0.6 is 34.8 Å². The normalized spacial score (nSPS) is 10.7. The van der Waals surface area contributed by atoms with Gasteiger partial charge in [0, 0.05) is 6.54 Å². The van der Waals surface area contributed by atoms with Crippen LogP contribution in [-0.2, 0) is 13.1 Å². The lowest BCUT2D eigenvalue weighted by atomic mass is 10.4. The Bertz CT molecular complexity index is 554. The molecule has 0 aromatic carbocycles. The van der Waals surface area contributed by atoms with E-state index in [-0.39, 0.29) is 5.15 Å². The molecule has 0 saturated heterocycles. The summed E-state index contributed by atoms with van der Waals surface area (Å²) in [5, 5.41) is 11.8. The number of halogens is 3. The summed E-state index contributed by atoms with van der Waals surface area (Å²) in [6.45, 7) is 3.27. The summed E-state index contributed by atoms with van der Waals surface area (Å²) >= 11 is 17.6. The van der Waals surface area contributed by atoms with E-state index < -0.39 is 0 Å². The van der Waals surface area contributed by atoms with Gasteiger partial charge in [0.25, 0.3) is 0 Å². The van der Waals surface area contributed by atoms with Gasteiger partial charge in [0.2, 0.25) is 0 Å². The highest BCUT2D eigenvalue weighted by Gasteiger charge is 2.09. The first-order chi connectivity index (χ1) is 8.61. The van der Waals surface area contributed by atoms with Gasteiger partial charge in [-0.2, -0.15) is 0 Å². The van der Waals surface area contributed by atoms with E-state index in [4.69, 9.17) is 34.8 Å². The van der Waals surface area contributed by atoms with Crippen molar-refractivity contribution >= 4 is 40.6 Å². The molecule has 2 aromatic rings. The van der Waals surface area contributed by atoms with Crippen molar-refractivity contribution in [3.05, 3.63) is 33.4 Å². The minimum atomic E-state index is 0.209. The van der Waals surface area contributed by atoms with Gasteiger partial charge >= 0.3 is 0 Å². The molecule has 0 radical (unpaired) electrons. The Morgan fingerprint density at radius 3 is 2.78 bits per heavy atom. The lowest BCUT2D eigenvalue weighted by Gasteiger charge is -2.08. The lowest BCUT2D eigenvalue weighted by Crippen LogP contribution is -2.08. The van der Waals surface area contributed by atoms with Crippen LogP contribution < -0.4 is 5.32 Å². The van der Waals surface area contributed by atoms with Crippen LogP contribution in [0.15, 0.2) is 12.4 Å². The fourth-order valence-corrected chi connectivity index (χ4v) is 1.98. The van der Waals surface area contributed by atoms with Gasteiger partial charge in [0.1, 0.15) is 17.3 Å². The van der Waals surface area contributed by atoms with Crippen LogP contribution in [0.25, 0.3) is 0 Å². The van der Waals surface area contributed by atoms with Crippen molar-refractivity contribution in [3.8, 4) is 0 Å². The highest BCUT2D eigenvalue weighted by atomic mass is 35.5. The fraction of sp³-hybridized carbons (Fsp3) is 0.300. The van der Waals surface area contributed by atoms with Gasteiger partial charge < -0.3 is 9.88 Å². The molecule has 2 aromatic heterocycles. The highest BCUT2D eigenvalue weighted by Crippen LogP contribution is 2.28. The molecule has 8 heteroatoms. The van der Waals surface area contributed by atoms with E-state index in [0.29, 0.717) is 22.4 Å². The summed E-state index contributed by atoms with van der Waals surface area (Å²) in [6.07, 6.45) is 1.67. The smallest absolute Gasteiger partial charge is 0.152 e. The summed E-state index contributed by atoms with van der Waals surface area (Å²) in [5.41, 5.74) is 0. The Hall–Kier alpha value is -1.04. The van der Waals surface area contributed by atoms with E-state index in [1.54, 1.807) is 12.4 Å². The Morgan fingerprint density at radius 2 is 2.06 bits per heavy atom. The number of anilines is 1. The van der Waals surface area contributed by atoms with Crippen LogP contribution in [0.1, 0.15) is 12.7 Å². The van der Waals surface area contributed by atoms with E-state index in [9.17, 15) is 0 Å². The molecule has 0 aliphatic heterocycles. The second-order valence-corrected chi connectivity index (χ2v) is 4.65. The minimum Gasteiger partial charge on any atom is -0.361 e. The molecule has 0 fully saturated rings. The zero-order valence-corrected chi connectivity index (χ0v) is 11.8. The second kappa shape index (κ2) is 5.73. The van der Waals surface area contributed by atoms with Crippen LogP contribution in [0.5, 0.6) is 0 Å². The Morgan fingerprint density at radius 1 is 1.28 bits per heavy atom. The second-order valence-electron chi connectivity index (χ2n) is 3.48. The summed E-state index contributed by atoms with van der Waals surface area (Å²) in [7, 11) is 0. The quantitative estimate of drug-likeness (QED) is 0.881. The topological polar surface area (TPSA) is 55.6 Å². The van der Waals surface area contributed by atoms with Gasteiger partial charge in [-0.25, -0.2) is 4.98 Å². The molecule has 2 rings (SSSR count). The van der Waals surface area contributed by atoms with Crippen molar-refractivity contribution in [2.24, 2.45) is 0 Å². The Kier molecular flexibility index (Phi) is 4.27. The molecule has 0 saturated carbocycles. The van der Waals surface area contributed by atoms with Crippen LogP contribution in [-0.4, -0.2) is 19.7 Å². The molecule has 0 atom stereocenters. The van der Waals surface area contributed by atoms with E-state index in [0.717, 1.165) is 12.4 Å². The molecular formula is C10H10Cl3N5. The van der Waals surface area contributed by atoms with Crippen LogP contribution in [0, 0.1) is 0 Å². The first kappa shape index (κ1) is 13.4. The summed E-state index contributed by atoms with van der Waals surface area (Å²) in [6, 6.07) is 1.55. The van der Waals surface area contributed by atoms with Crippen molar-refractivity contribution in [2.45, 2.75) is 20.0 Å². The maximum Gasteiger partial charge on any atom is 0.152 e. The molecule has 0 aliphatic carbocycles. The molecule has 96 valence electrons. The van der Waals surface area contributed by atoms with Gasteiger partial charge in [0.05, 0.1) is 16.6 Å². The minimum absolute atomic E-state index is 0.209. The van der Waals surface area contributed by atoms with Gasteiger partial charge in [-0.15, -0.1) is 10.2 Å². The third kappa shape index (κ3) is 2.85. The molecular weight excluding hydrogens is 297 g/mol. The number of nitrogens with one attached hydrogen (secondary N) is 1. The van der Waals surface area contributed by atoms with Crippen molar-refractivity contribution in [1.29, 1.82) is 0 Å². The van der Waals surface area contributed by atoms with Crippen LogP contribution in [0.4, 0.5) is 5.82 Å². The van der Waals surface area contributed by atoms with Crippen LogP contribution in [0.2, 0.25) is 15.2 Å². The van der Waals surface area contributed by atoms with Gasteiger partial charge in [0.15, 0.2) is 5.82 Å². The molecule has 18 heavy (non-hydrogen) atoms. The molecule has 2 heterocycles. The van der Waals surface area contributed by atoms with Gasteiger partial charge in [-0.3, -0.25) is 0 Å². The average Bonchev–Trinajstić information content (AvgIpc) is 2.79. The highest BCUT2D eigenvalue weighted by molar-refractivity contribution is 6.42. The van der Waals surface area contributed by atoms with Gasteiger partial charge in [-0.1, -0.05) is 34.8 Å². The third-order valence-corrected chi connectivity index (χ3v) is 3.30. The Balaban J connectivity index is 2.13. The Labute approximate surface area is 119 Å². The number of hydrogen-bond donors (Lipinski definition) is 1. The summed E-state index contributed by atoms with van der Waals surface area (Å²) < 4.78 is 1.92. The monoisotopic (exact) mass is 305 g/mol. The lowest BCUT2D eigenvalue weighted by molar-refractivity contribution is 0.707. The summed E-state index contributed by atoms with van der Waals surface area (Å²) in [4.78, 5) is 4.06. The van der Waals surface area contributed by atoms with E-state index in [1.807, 2.05) is 11.5 Å². The zero-order valence-electron chi connectivity index (χ0n) is 9.49. The van der Waals surface area contributed by atoms with E-state index in [1.165, 1.54) is 0 Å². The van der Waals surface area contributed by atoms with Gasteiger partial charge in [-0.05, 0) is 13.0 Å². The number of hydrogen-bond acceptors (Lipinski definition) is 4. The molecule has 5 nitrogen and oxygen atoms in total. The number of rotatable bonds is 4. The van der Waals surface area contributed by atoms with Crippen LogP contribution in [0.3, 0.4) is 0 Å². The molecule has 0 unspecified atom stereocenters. The average molecular weight is 307 g/mol. The van der Waals surface area contributed by atoms with Crippen molar-refractivity contribution in [1.82, 2.24) is 19.7 Å². The number of nitrogens with zero attached hydrogens (tertiary/aromatic N) is 4. The predicted molar refractivity (Wildman–Crippen MR) is 72.3 cm³/mol. The third-order valence-electron chi connectivity index (χ3n) is 2.34. The van der Waals surface area contributed by atoms with Crippen molar-refractivity contribution < 1.29 is 0 Å². The molecule has 0 spiro atoms. The maximum atomic E-state index is 6.00. The van der Waals surface area contributed by atoms with Crippen molar-refractivity contribution in [3.63, 3.8) is 0 Å². The SMILES string of the molecule is CCn1cnnc1CNc1nc(Cl)c(Cl)cc1Cl. The molecule has 0 bridgehead atoms. The maximum absolute atomic E-state index is 6.00. The van der Waals surface area contributed by atoms with E-state index in [2.05, 4.69) is 20.5 Å². The number of aromatic nitrogens is 4. The summed E-state index contributed by atoms with van der Waals surface area (Å²) in [5.74, 6) is 1.26. The molecule has 0 aliphatic rings. The number of aryl methyl sites for hydroxylation is 1. The molecule has 1 N–H and O–H groups in total. The standard InChI is InChI=1S/C10H10Cl3N5/c1-2-18-5-15-17-8(18)4-14-10-7(12)3-6(11)9(13)16-10/h3,5H,2,4H2,1H3,(H,14,16). The zero-order chi connectivity index (χ0) is 13.1. The predicted octanol–water partition coefficient (Wildman–Crippen LogP) is 3.27. The first-order valence-electron chi connectivity index (χ1n) is 5.24. The fourth-order valence-electron chi connectivity index (χ4n) is 1.41.